The highest BCUT2D eigenvalue weighted by molar-refractivity contribution is 6.30. The largest absolute Gasteiger partial charge is 0.497 e. The summed E-state index contributed by atoms with van der Waals surface area (Å²) in [5.74, 6) is 0.854. The lowest BCUT2D eigenvalue weighted by Crippen LogP contribution is -2.35. The molecule has 1 amide bonds. The molecule has 0 atom stereocenters. The molecule has 0 aliphatic carbocycles. The van der Waals surface area contributed by atoms with Gasteiger partial charge < -0.3 is 15.4 Å². The molecule has 0 aromatic heterocycles. The Morgan fingerprint density at radius 2 is 1.54 bits per heavy atom. The van der Waals surface area contributed by atoms with E-state index in [1.54, 1.807) is 7.11 Å². The smallest absolute Gasteiger partial charge is 0.233 e. The van der Waals surface area contributed by atoms with Crippen molar-refractivity contribution in [3.63, 3.8) is 0 Å². The number of hydrogen-bond acceptors (Lipinski definition) is 3. The van der Waals surface area contributed by atoms with E-state index in [1.165, 1.54) is 11.1 Å². The molecule has 0 spiro atoms. The van der Waals surface area contributed by atoms with Crippen LogP contribution in [0.25, 0.3) is 0 Å². The van der Waals surface area contributed by atoms with Crippen LogP contribution in [0, 0.1) is 0 Å². The van der Waals surface area contributed by atoms with Crippen LogP contribution in [0.4, 0.5) is 0 Å². The summed E-state index contributed by atoms with van der Waals surface area (Å²) in [6.07, 6.45) is 1.68. The third-order valence-corrected chi connectivity index (χ3v) is 3.94. The van der Waals surface area contributed by atoms with Gasteiger partial charge in [-0.05, 0) is 54.8 Å². The first-order valence-corrected chi connectivity index (χ1v) is 8.40. The molecule has 2 aromatic rings. The van der Waals surface area contributed by atoms with E-state index in [2.05, 4.69) is 10.6 Å². The first-order chi connectivity index (χ1) is 11.7. The molecule has 0 saturated heterocycles. The minimum atomic E-state index is 0.0135. The Morgan fingerprint density at radius 3 is 2.17 bits per heavy atom. The number of carbonyl (C=O) groups is 1. The molecule has 5 heteroatoms. The second-order valence-electron chi connectivity index (χ2n) is 5.50. The number of methoxy groups -OCH3 is 1. The standard InChI is InChI=1S/C19H23ClN2O2/c1-24-18-8-4-16(5-9-18)11-13-22-19(23)14-21-12-10-15-2-6-17(20)7-3-15/h2-9,21H,10-14H2,1H3,(H,22,23). The summed E-state index contributed by atoms with van der Waals surface area (Å²) >= 11 is 5.85. The van der Waals surface area contributed by atoms with E-state index < -0.39 is 0 Å². The van der Waals surface area contributed by atoms with E-state index in [4.69, 9.17) is 16.3 Å². The van der Waals surface area contributed by atoms with Crippen molar-refractivity contribution in [3.8, 4) is 5.75 Å². The SMILES string of the molecule is COc1ccc(CCNC(=O)CNCCc2ccc(Cl)cc2)cc1. The minimum Gasteiger partial charge on any atom is -0.497 e. The van der Waals surface area contributed by atoms with E-state index in [9.17, 15) is 4.79 Å². The normalized spacial score (nSPS) is 10.4. The number of halogens is 1. The fourth-order valence-corrected chi connectivity index (χ4v) is 2.41. The van der Waals surface area contributed by atoms with E-state index in [0.29, 0.717) is 13.1 Å². The van der Waals surface area contributed by atoms with Crippen molar-refractivity contribution in [1.29, 1.82) is 0 Å². The van der Waals surface area contributed by atoms with Crippen LogP contribution < -0.4 is 15.4 Å². The molecule has 2 rings (SSSR count). The van der Waals surface area contributed by atoms with Gasteiger partial charge in [0.2, 0.25) is 5.91 Å². The van der Waals surface area contributed by atoms with Crippen LogP contribution in [-0.2, 0) is 17.6 Å². The van der Waals surface area contributed by atoms with Gasteiger partial charge in [-0.1, -0.05) is 35.9 Å². The maximum absolute atomic E-state index is 11.8. The van der Waals surface area contributed by atoms with Crippen LogP contribution in [0.3, 0.4) is 0 Å². The quantitative estimate of drug-likeness (QED) is 0.686. The summed E-state index contributed by atoms with van der Waals surface area (Å²) in [7, 11) is 1.65. The number of rotatable bonds is 9. The summed E-state index contributed by atoms with van der Waals surface area (Å²) in [4.78, 5) is 11.8. The Bertz CT molecular complexity index is 627. The lowest BCUT2D eigenvalue weighted by molar-refractivity contribution is -0.120. The Kier molecular flexibility index (Phi) is 7.59. The molecule has 24 heavy (non-hydrogen) atoms. The van der Waals surface area contributed by atoms with Crippen LogP contribution in [0.2, 0.25) is 5.02 Å². The molecular weight excluding hydrogens is 324 g/mol. The maximum Gasteiger partial charge on any atom is 0.233 e. The van der Waals surface area contributed by atoms with E-state index in [0.717, 1.165) is 30.2 Å². The third kappa shape index (κ3) is 6.60. The highest BCUT2D eigenvalue weighted by Crippen LogP contribution is 2.11. The third-order valence-electron chi connectivity index (χ3n) is 3.68. The lowest BCUT2D eigenvalue weighted by atomic mass is 10.1. The van der Waals surface area contributed by atoms with Crippen LogP contribution in [0.5, 0.6) is 5.75 Å². The number of carbonyl (C=O) groups excluding carboxylic acids is 1. The predicted molar refractivity (Wildman–Crippen MR) is 97.7 cm³/mol. The zero-order chi connectivity index (χ0) is 17.2. The van der Waals surface area contributed by atoms with Gasteiger partial charge in [0.05, 0.1) is 13.7 Å². The van der Waals surface area contributed by atoms with Crippen LogP contribution in [0.15, 0.2) is 48.5 Å². The van der Waals surface area contributed by atoms with E-state index >= 15 is 0 Å². The van der Waals surface area contributed by atoms with Crippen molar-refractivity contribution in [1.82, 2.24) is 10.6 Å². The van der Waals surface area contributed by atoms with Gasteiger partial charge in [-0.3, -0.25) is 4.79 Å². The predicted octanol–water partition coefficient (Wildman–Crippen LogP) is 2.84. The average molecular weight is 347 g/mol. The first kappa shape index (κ1) is 18.3. The highest BCUT2D eigenvalue weighted by Gasteiger charge is 2.01. The van der Waals surface area contributed by atoms with Gasteiger partial charge >= 0.3 is 0 Å². The van der Waals surface area contributed by atoms with Crippen molar-refractivity contribution in [2.75, 3.05) is 26.7 Å². The topological polar surface area (TPSA) is 50.4 Å². The van der Waals surface area contributed by atoms with Crippen LogP contribution in [-0.4, -0.2) is 32.7 Å². The van der Waals surface area contributed by atoms with Gasteiger partial charge in [0.15, 0.2) is 0 Å². The molecule has 0 fully saturated rings. The molecule has 0 heterocycles. The summed E-state index contributed by atoms with van der Waals surface area (Å²) < 4.78 is 5.12. The molecule has 2 N–H and O–H groups in total. The summed E-state index contributed by atoms with van der Waals surface area (Å²) in [6, 6.07) is 15.6. The molecule has 0 bridgehead atoms. The Balaban J connectivity index is 1.56. The number of ether oxygens (including phenoxy) is 1. The Morgan fingerprint density at radius 1 is 0.958 bits per heavy atom. The van der Waals surface area contributed by atoms with Crippen molar-refractivity contribution >= 4 is 17.5 Å². The lowest BCUT2D eigenvalue weighted by Gasteiger charge is -2.08. The average Bonchev–Trinajstić information content (AvgIpc) is 2.61. The molecular formula is C19H23ClN2O2. The Hall–Kier alpha value is -2.04. The van der Waals surface area contributed by atoms with E-state index in [-0.39, 0.29) is 5.91 Å². The van der Waals surface area contributed by atoms with Gasteiger partial charge in [-0.25, -0.2) is 0 Å². The zero-order valence-corrected chi connectivity index (χ0v) is 14.6. The molecule has 0 aliphatic heterocycles. The Labute approximate surface area is 148 Å². The van der Waals surface area contributed by atoms with Gasteiger partial charge in [-0.2, -0.15) is 0 Å². The molecule has 0 saturated carbocycles. The van der Waals surface area contributed by atoms with Crippen molar-refractivity contribution in [2.45, 2.75) is 12.8 Å². The number of amides is 1. The molecule has 0 unspecified atom stereocenters. The maximum atomic E-state index is 11.8. The van der Waals surface area contributed by atoms with Crippen LogP contribution >= 0.6 is 11.6 Å². The van der Waals surface area contributed by atoms with E-state index in [1.807, 2.05) is 48.5 Å². The van der Waals surface area contributed by atoms with Crippen molar-refractivity contribution in [2.24, 2.45) is 0 Å². The summed E-state index contributed by atoms with van der Waals surface area (Å²) in [5.41, 5.74) is 2.37. The number of hydrogen-bond donors (Lipinski definition) is 2. The molecule has 0 aliphatic rings. The fourth-order valence-electron chi connectivity index (χ4n) is 2.29. The van der Waals surface area contributed by atoms with Crippen molar-refractivity contribution < 1.29 is 9.53 Å². The molecule has 0 radical (unpaired) electrons. The second kappa shape index (κ2) is 9.96. The summed E-state index contributed by atoms with van der Waals surface area (Å²) in [5, 5.41) is 6.81. The number of benzene rings is 2. The monoisotopic (exact) mass is 346 g/mol. The summed E-state index contributed by atoms with van der Waals surface area (Å²) in [6.45, 7) is 1.72. The van der Waals surface area contributed by atoms with Crippen molar-refractivity contribution in [3.05, 3.63) is 64.7 Å². The van der Waals surface area contributed by atoms with Gasteiger partial charge in [0.1, 0.15) is 5.75 Å². The van der Waals surface area contributed by atoms with Crippen LogP contribution in [0.1, 0.15) is 11.1 Å². The van der Waals surface area contributed by atoms with Gasteiger partial charge in [0.25, 0.3) is 0 Å². The van der Waals surface area contributed by atoms with Gasteiger partial charge in [-0.15, -0.1) is 0 Å². The molecule has 4 nitrogen and oxygen atoms in total. The number of nitrogens with one attached hydrogen (secondary N) is 2. The first-order valence-electron chi connectivity index (χ1n) is 8.02. The van der Waals surface area contributed by atoms with Gasteiger partial charge in [0, 0.05) is 11.6 Å². The molecule has 2 aromatic carbocycles. The molecule has 128 valence electrons. The second-order valence-corrected chi connectivity index (χ2v) is 5.94. The zero-order valence-electron chi connectivity index (χ0n) is 13.8. The fraction of sp³-hybridized carbons (Fsp3) is 0.316. The highest BCUT2D eigenvalue weighted by atomic mass is 35.5. The minimum absolute atomic E-state index is 0.0135.